The normalized spacial score (nSPS) is 15.2. The van der Waals surface area contributed by atoms with Crippen LogP contribution in [0.4, 0.5) is 0 Å². The highest BCUT2D eigenvalue weighted by atomic mass is 79.9. The fourth-order valence-electron chi connectivity index (χ4n) is 1.25. The molecular formula is C10H17BrN2OS. The average molecular weight is 293 g/mol. The highest BCUT2D eigenvalue weighted by molar-refractivity contribution is 9.11. The van der Waals surface area contributed by atoms with Crippen LogP contribution in [0.15, 0.2) is 9.98 Å². The van der Waals surface area contributed by atoms with E-state index < -0.39 is 0 Å². The summed E-state index contributed by atoms with van der Waals surface area (Å²) in [6.07, 6.45) is 2.68. The Labute approximate surface area is 103 Å². The van der Waals surface area contributed by atoms with E-state index in [0.717, 1.165) is 21.8 Å². The Morgan fingerprint density at radius 1 is 1.60 bits per heavy atom. The number of aromatic nitrogens is 1. The zero-order valence-corrected chi connectivity index (χ0v) is 11.4. The van der Waals surface area contributed by atoms with Crippen LogP contribution >= 0.6 is 27.3 Å². The van der Waals surface area contributed by atoms with Gasteiger partial charge in [-0.1, -0.05) is 6.92 Å². The van der Waals surface area contributed by atoms with Gasteiger partial charge in [0.25, 0.3) is 0 Å². The maximum absolute atomic E-state index is 8.78. The third-order valence-corrected chi connectivity index (χ3v) is 3.92. The Hall–Kier alpha value is 0.0300. The Morgan fingerprint density at radius 3 is 2.87 bits per heavy atom. The molecule has 0 amide bonds. The highest BCUT2D eigenvalue weighted by Crippen LogP contribution is 2.24. The van der Waals surface area contributed by atoms with E-state index in [0.29, 0.717) is 5.92 Å². The fraction of sp³-hybridized carbons (Fsp3) is 0.700. The third-order valence-electron chi connectivity index (χ3n) is 2.26. The molecule has 0 spiro atoms. The number of aliphatic hydroxyl groups is 1. The molecule has 15 heavy (non-hydrogen) atoms. The lowest BCUT2D eigenvalue weighted by atomic mass is 10.1. The van der Waals surface area contributed by atoms with Crippen LogP contribution in [0.1, 0.15) is 31.3 Å². The molecule has 0 fully saturated rings. The summed E-state index contributed by atoms with van der Waals surface area (Å²) in [4.78, 5) is 4.30. The molecule has 1 heterocycles. The van der Waals surface area contributed by atoms with Gasteiger partial charge in [-0.05, 0) is 41.7 Å². The molecule has 0 aliphatic rings. The molecule has 2 N–H and O–H groups in total. The number of nitrogens with zero attached hydrogens (tertiary/aromatic N) is 1. The van der Waals surface area contributed by atoms with Crippen LogP contribution in [0.3, 0.4) is 0 Å². The molecule has 0 aliphatic heterocycles. The lowest BCUT2D eigenvalue weighted by Gasteiger charge is -2.15. The van der Waals surface area contributed by atoms with Gasteiger partial charge in [-0.3, -0.25) is 0 Å². The van der Waals surface area contributed by atoms with Gasteiger partial charge in [0.15, 0.2) is 0 Å². The van der Waals surface area contributed by atoms with Gasteiger partial charge < -0.3 is 10.4 Å². The predicted octanol–water partition coefficient (Wildman–Crippen LogP) is 2.57. The third kappa shape index (κ3) is 4.59. The highest BCUT2D eigenvalue weighted by Gasteiger charge is 2.10. The first-order chi connectivity index (χ1) is 7.13. The molecule has 5 heteroatoms. The van der Waals surface area contributed by atoms with Crippen molar-refractivity contribution in [2.24, 2.45) is 5.92 Å². The molecule has 0 saturated carbocycles. The van der Waals surface area contributed by atoms with Crippen molar-refractivity contribution in [3.63, 3.8) is 0 Å². The van der Waals surface area contributed by atoms with Gasteiger partial charge in [0.1, 0.15) is 5.01 Å². The second-order valence-electron chi connectivity index (χ2n) is 3.75. The zero-order chi connectivity index (χ0) is 11.3. The Balaban J connectivity index is 2.33. The lowest BCUT2D eigenvalue weighted by Crippen LogP contribution is -2.24. The van der Waals surface area contributed by atoms with E-state index in [1.807, 2.05) is 6.20 Å². The van der Waals surface area contributed by atoms with Crippen molar-refractivity contribution in [2.45, 2.75) is 26.3 Å². The first-order valence-electron chi connectivity index (χ1n) is 5.09. The zero-order valence-electron chi connectivity index (χ0n) is 9.03. The maximum Gasteiger partial charge on any atom is 0.110 e. The summed E-state index contributed by atoms with van der Waals surface area (Å²) >= 11 is 5.06. The molecule has 2 atom stereocenters. The molecule has 1 aromatic rings. The van der Waals surface area contributed by atoms with Crippen molar-refractivity contribution in [1.29, 1.82) is 0 Å². The largest absolute Gasteiger partial charge is 0.396 e. The summed E-state index contributed by atoms with van der Waals surface area (Å²) in [5.74, 6) is 0.501. The monoisotopic (exact) mass is 292 g/mol. The van der Waals surface area contributed by atoms with E-state index in [2.05, 4.69) is 40.1 Å². The van der Waals surface area contributed by atoms with E-state index in [-0.39, 0.29) is 12.6 Å². The number of hydrogen-bond acceptors (Lipinski definition) is 4. The minimum atomic E-state index is 0.264. The maximum atomic E-state index is 8.78. The van der Waals surface area contributed by atoms with Crippen LogP contribution in [0.5, 0.6) is 0 Å². The average Bonchev–Trinajstić information content (AvgIpc) is 2.62. The van der Waals surface area contributed by atoms with Crippen LogP contribution in [-0.2, 0) is 0 Å². The van der Waals surface area contributed by atoms with Gasteiger partial charge in [-0.25, -0.2) is 4.98 Å². The summed E-state index contributed by atoms with van der Waals surface area (Å²) in [5.41, 5.74) is 0. The molecule has 0 aromatic carbocycles. The number of hydrogen-bond donors (Lipinski definition) is 2. The Morgan fingerprint density at radius 2 is 2.33 bits per heavy atom. The molecule has 86 valence electrons. The van der Waals surface area contributed by atoms with E-state index in [9.17, 15) is 0 Å². The van der Waals surface area contributed by atoms with Crippen molar-refractivity contribution < 1.29 is 5.11 Å². The summed E-state index contributed by atoms with van der Waals surface area (Å²) in [5, 5.41) is 13.3. The molecule has 0 saturated heterocycles. The van der Waals surface area contributed by atoms with Crippen LogP contribution in [-0.4, -0.2) is 23.2 Å². The Bertz CT molecular complexity index is 293. The second kappa shape index (κ2) is 6.58. The minimum absolute atomic E-state index is 0.264. The van der Waals surface area contributed by atoms with Gasteiger partial charge in [0.2, 0.25) is 0 Å². The van der Waals surface area contributed by atoms with Gasteiger partial charge in [0, 0.05) is 6.61 Å². The topological polar surface area (TPSA) is 45.1 Å². The molecule has 0 bridgehead atoms. The van der Waals surface area contributed by atoms with Crippen molar-refractivity contribution in [2.75, 3.05) is 13.2 Å². The number of aliphatic hydroxyl groups excluding tert-OH is 1. The summed E-state index contributed by atoms with van der Waals surface area (Å²) in [6, 6.07) is 0.280. The van der Waals surface area contributed by atoms with Crippen LogP contribution in [0.2, 0.25) is 0 Å². The molecule has 2 unspecified atom stereocenters. The van der Waals surface area contributed by atoms with Gasteiger partial charge in [-0.2, -0.15) is 0 Å². The van der Waals surface area contributed by atoms with E-state index >= 15 is 0 Å². The standard InChI is InChI=1S/C10H17BrN2OS/c1-7(3-4-14)5-12-8(2)10-13-6-9(11)15-10/h6-8,12,14H,3-5H2,1-2H3. The molecule has 0 aliphatic carbocycles. The Kier molecular flexibility index (Phi) is 5.74. The van der Waals surface area contributed by atoms with Crippen LogP contribution in [0, 0.1) is 5.92 Å². The number of halogens is 1. The molecule has 3 nitrogen and oxygen atoms in total. The summed E-state index contributed by atoms with van der Waals surface area (Å²) in [6.45, 7) is 5.42. The second-order valence-corrected chi connectivity index (χ2v) is 6.19. The van der Waals surface area contributed by atoms with Crippen LogP contribution in [0.25, 0.3) is 0 Å². The van der Waals surface area contributed by atoms with E-state index in [1.165, 1.54) is 0 Å². The SMILES string of the molecule is CC(CCO)CNC(C)c1ncc(Br)s1. The smallest absolute Gasteiger partial charge is 0.110 e. The molecule has 1 rings (SSSR count). The minimum Gasteiger partial charge on any atom is -0.396 e. The fourth-order valence-corrected chi connectivity index (χ4v) is 2.53. The number of rotatable bonds is 6. The van der Waals surface area contributed by atoms with Gasteiger partial charge >= 0.3 is 0 Å². The van der Waals surface area contributed by atoms with Crippen molar-refractivity contribution in [3.8, 4) is 0 Å². The summed E-state index contributed by atoms with van der Waals surface area (Å²) < 4.78 is 1.06. The number of nitrogens with one attached hydrogen (secondary N) is 1. The quantitative estimate of drug-likeness (QED) is 0.847. The lowest BCUT2D eigenvalue weighted by molar-refractivity contribution is 0.258. The predicted molar refractivity (Wildman–Crippen MR) is 67.1 cm³/mol. The molecular weight excluding hydrogens is 276 g/mol. The first-order valence-corrected chi connectivity index (χ1v) is 6.70. The molecule has 1 aromatic heterocycles. The van der Waals surface area contributed by atoms with Crippen molar-refractivity contribution >= 4 is 27.3 Å². The van der Waals surface area contributed by atoms with Crippen molar-refractivity contribution in [1.82, 2.24) is 10.3 Å². The number of thiazole rings is 1. The van der Waals surface area contributed by atoms with Gasteiger partial charge in [0.05, 0.1) is 16.0 Å². The first kappa shape index (κ1) is 13.1. The van der Waals surface area contributed by atoms with E-state index in [4.69, 9.17) is 5.11 Å². The van der Waals surface area contributed by atoms with Crippen molar-refractivity contribution in [3.05, 3.63) is 15.0 Å². The van der Waals surface area contributed by atoms with Gasteiger partial charge in [-0.15, -0.1) is 11.3 Å². The summed E-state index contributed by atoms with van der Waals surface area (Å²) in [7, 11) is 0. The molecule has 0 radical (unpaired) electrons. The van der Waals surface area contributed by atoms with E-state index in [1.54, 1.807) is 11.3 Å². The van der Waals surface area contributed by atoms with Crippen LogP contribution < -0.4 is 5.32 Å².